The lowest BCUT2D eigenvalue weighted by atomic mass is 9.88. The van der Waals surface area contributed by atoms with Crippen LogP contribution in [0.4, 0.5) is 10.6 Å². The Kier molecular flexibility index (Phi) is 7.77. The zero-order valence-corrected chi connectivity index (χ0v) is 23.8. The number of aliphatic hydroxyl groups is 1. The van der Waals surface area contributed by atoms with E-state index in [0.29, 0.717) is 55.5 Å². The molecule has 3 aliphatic rings. The highest BCUT2D eigenvalue weighted by molar-refractivity contribution is 6.05. The average Bonchev–Trinajstić information content (AvgIpc) is 3.55. The van der Waals surface area contributed by atoms with Gasteiger partial charge in [-0.2, -0.15) is 0 Å². The second-order valence-corrected chi connectivity index (χ2v) is 11.3. The summed E-state index contributed by atoms with van der Waals surface area (Å²) in [5.74, 6) is 2.51. The monoisotopic (exact) mass is 558 g/mol. The number of aliphatic hydroxyl groups excluding tert-OH is 1. The van der Waals surface area contributed by atoms with Crippen LogP contribution in [0.5, 0.6) is 5.75 Å². The highest BCUT2D eigenvalue weighted by Gasteiger charge is 2.33. The number of rotatable bonds is 8. The first-order chi connectivity index (χ1) is 19.9. The van der Waals surface area contributed by atoms with Crippen LogP contribution in [0.2, 0.25) is 0 Å². The molecule has 1 aliphatic carbocycles. The molecule has 1 saturated heterocycles. The molecule has 1 aromatic carbocycles. The van der Waals surface area contributed by atoms with E-state index in [1.165, 1.54) is 19.3 Å². The number of nitrogens with one attached hydrogen (secondary N) is 1. The lowest BCUT2D eigenvalue weighted by Gasteiger charge is -2.29. The van der Waals surface area contributed by atoms with Crippen molar-refractivity contribution in [1.82, 2.24) is 24.8 Å². The van der Waals surface area contributed by atoms with E-state index in [1.807, 2.05) is 17.6 Å². The van der Waals surface area contributed by atoms with Gasteiger partial charge in [0.05, 0.1) is 24.5 Å². The number of hydrogen-bond donors (Lipinski definition) is 2. The minimum Gasteiger partial charge on any atom is -0.490 e. The molecule has 2 aliphatic heterocycles. The quantitative estimate of drug-likeness (QED) is 0.421. The van der Waals surface area contributed by atoms with E-state index in [4.69, 9.17) is 9.72 Å². The van der Waals surface area contributed by atoms with Gasteiger partial charge in [-0.3, -0.25) is 19.9 Å². The number of carbonyl (C=O) groups is 2. The highest BCUT2D eigenvalue weighted by atomic mass is 16.5. The summed E-state index contributed by atoms with van der Waals surface area (Å²) in [5, 5.41) is 12.8. The lowest BCUT2D eigenvalue weighted by Crippen LogP contribution is -2.50. The van der Waals surface area contributed by atoms with Gasteiger partial charge in [-0.1, -0.05) is 31.5 Å². The predicted molar refractivity (Wildman–Crippen MR) is 154 cm³/mol. The molecule has 10 heteroatoms. The van der Waals surface area contributed by atoms with Crippen molar-refractivity contribution in [2.24, 2.45) is 5.92 Å². The number of urea groups is 1. The molecule has 0 radical (unpaired) electrons. The molecule has 0 unspecified atom stereocenters. The fourth-order valence-corrected chi connectivity index (χ4v) is 6.34. The lowest BCUT2D eigenvalue weighted by molar-refractivity contribution is -0.120. The van der Waals surface area contributed by atoms with Crippen LogP contribution in [0.15, 0.2) is 42.6 Å². The number of pyridine rings is 1. The molecule has 2 aromatic heterocycles. The molecule has 4 heterocycles. The Morgan fingerprint density at radius 2 is 1.90 bits per heavy atom. The standard InChI is InChI=1S/C31H38N6O4/c1-3-36-28(37-15-14-27(39)34-31(37)40)16-32-30(36)24-13-10-22-18-35(25(19-38)29(22)33-24)17-21-8-11-23(12-9-21)41-26-7-5-4-6-20(26)2/h8-13,16,20,25-26,38H,3-7,14-15,17-19H2,1-2H3,(H,34,39,40)/t20-,25-,26+/m1/s1. The fraction of sp³-hybridized carbons (Fsp3) is 0.484. The zero-order valence-electron chi connectivity index (χ0n) is 23.8. The van der Waals surface area contributed by atoms with E-state index < -0.39 is 6.03 Å². The Labute approximate surface area is 240 Å². The first-order valence-electron chi connectivity index (χ1n) is 14.7. The maximum absolute atomic E-state index is 12.5. The number of imide groups is 1. The Morgan fingerprint density at radius 1 is 1.10 bits per heavy atom. The molecule has 41 heavy (non-hydrogen) atoms. The predicted octanol–water partition coefficient (Wildman–Crippen LogP) is 4.42. The summed E-state index contributed by atoms with van der Waals surface area (Å²) in [6, 6.07) is 11.7. The summed E-state index contributed by atoms with van der Waals surface area (Å²) in [6.07, 6.45) is 7.08. The second kappa shape index (κ2) is 11.6. The van der Waals surface area contributed by atoms with Crippen LogP contribution >= 0.6 is 0 Å². The third kappa shape index (κ3) is 5.46. The molecule has 3 aromatic rings. The van der Waals surface area contributed by atoms with E-state index in [9.17, 15) is 14.7 Å². The fourth-order valence-electron chi connectivity index (χ4n) is 6.34. The second-order valence-electron chi connectivity index (χ2n) is 11.3. The smallest absolute Gasteiger partial charge is 0.329 e. The van der Waals surface area contributed by atoms with Gasteiger partial charge < -0.3 is 14.4 Å². The number of aromatic nitrogens is 3. The minimum absolute atomic E-state index is 0.0420. The first kappa shape index (κ1) is 27.4. The molecule has 2 N–H and O–H groups in total. The van der Waals surface area contributed by atoms with Crippen molar-refractivity contribution in [3.05, 3.63) is 59.4 Å². The van der Waals surface area contributed by atoms with E-state index in [2.05, 4.69) is 52.5 Å². The maximum Gasteiger partial charge on any atom is 0.329 e. The molecule has 216 valence electrons. The summed E-state index contributed by atoms with van der Waals surface area (Å²) in [6.45, 7) is 6.49. The van der Waals surface area contributed by atoms with Crippen molar-refractivity contribution in [3.63, 3.8) is 0 Å². The number of nitrogens with zero attached hydrogens (tertiary/aromatic N) is 5. The van der Waals surface area contributed by atoms with Crippen LogP contribution in [0.3, 0.4) is 0 Å². The number of anilines is 1. The number of imidazole rings is 1. The summed E-state index contributed by atoms with van der Waals surface area (Å²) < 4.78 is 8.23. The van der Waals surface area contributed by atoms with Gasteiger partial charge in [-0.05, 0) is 61.4 Å². The van der Waals surface area contributed by atoms with Crippen molar-refractivity contribution in [3.8, 4) is 17.3 Å². The van der Waals surface area contributed by atoms with Crippen LogP contribution in [0, 0.1) is 5.92 Å². The van der Waals surface area contributed by atoms with Crippen molar-refractivity contribution in [2.75, 3.05) is 18.1 Å². The summed E-state index contributed by atoms with van der Waals surface area (Å²) in [7, 11) is 0. The summed E-state index contributed by atoms with van der Waals surface area (Å²) >= 11 is 0. The van der Waals surface area contributed by atoms with Crippen molar-refractivity contribution >= 4 is 17.8 Å². The van der Waals surface area contributed by atoms with Gasteiger partial charge in [0.15, 0.2) is 5.82 Å². The molecule has 0 bridgehead atoms. The molecular weight excluding hydrogens is 520 g/mol. The Hall–Kier alpha value is -3.76. The SMILES string of the molecule is CCn1c(N2CCC(=O)NC2=O)cnc1-c1ccc2c(n1)[C@@H](CO)N(Cc1ccc(O[C@H]3CCCC[C@H]3C)cc1)C2. The number of ether oxygens (including phenoxy) is 1. The molecule has 0 spiro atoms. The molecule has 1 saturated carbocycles. The zero-order chi connectivity index (χ0) is 28.5. The van der Waals surface area contributed by atoms with Gasteiger partial charge >= 0.3 is 6.03 Å². The normalized spacial score (nSPS) is 23.0. The Balaban J connectivity index is 1.18. The van der Waals surface area contributed by atoms with E-state index in [1.54, 1.807) is 11.1 Å². The summed E-state index contributed by atoms with van der Waals surface area (Å²) in [4.78, 5) is 37.4. The third-order valence-electron chi connectivity index (χ3n) is 8.65. The number of hydrogen-bond acceptors (Lipinski definition) is 7. The van der Waals surface area contributed by atoms with Crippen LogP contribution in [-0.4, -0.2) is 55.7 Å². The molecule has 2 fully saturated rings. The van der Waals surface area contributed by atoms with Gasteiger partial charge in [-0.15, -0.1) is 0 Å². The number of fused-ring (bicyclic) bond motifs is 1. The maximum atomic E-state index is 12.5. The first-order valence-corrected chi connectivity index (χ1v) is 14.7. The highest BCUT2D eigenvalue weighted by Crippen LogP contribution is 2.36. The number of benzene rings is 1. The van der Waals surface area contributed by atoms with Gasteiger partial charge in [0.2, 0.25) is 5.91 Å². The van der Waals surface area contributed by atoms with Crippen molar-refractivity contribution in [2.45, 2.75) is 77.7 Å². The summed E-state index contributed by atoms with van der Waals surface area (Å²) in [5.41, 5.74) is 3.78. The van der Waals surface area contributed by atoms with E-state index in [0.717, 1.165) is 29.0 Å². The Bertz CT molecular complexity index is 1420. The molecule has 3 atom stereocenters. The van der Waals surface area contributed by atoms with Gasteiger partial charge in [0.25, 0.3) is 0 Å². The number of amides is 3. The molecule has 10 nitrogen and oxygen atoms in total. The van der Waals surface area contributed by atoms with E-state index in [-0.39, 0.29) is 25.0 Å². The van der Waals surface area contributed by atoms with Gasteiger partial charge in [0, 0.05) is 32.6 Å². The van der Waals surface area contributed by atoms with Crippen molar-refractivity contribution < 1.29 is 19.4 Å². The van der Waals surface area contributed by atoms with Crippen molar-refractivity contribution in [1.29, 1.82) is 0 Å². The molecular formula is C31H38N6O4. The number of carbonyl (C=O) groups excluding carboxylic acids is 2. The average molecular weight is 559 g/mol. The van der Waals surface area contributed by atoms with Crippen LogP contribution in [-0.2, 0) is 24.4 Å². The molecule has 6 rings (SSSR count). The molecule has 3 amide bonds. The Morgan fingerprint density at radius 3 is 2.63 bits per heavy atom. The van der Waals surface area contributed by atoms with Gasteiger partial charge in [-0.25, -0.2) is 14.8 Å². The topological polar surface area (TPSA) is 113 Å². The van der Waals surface area contributed by atoms with E-state index >= 15 is 0 Å². The van der Waals surface area contributed by atoms with Crippen LogP contribution in [0.1, 0.15) is 68.8 Å². The van der Waals surface area contributed by atoms with Crippen LogP contribution in [0.25, 0.3) is 11.5 Å². The third-order valence-corrected chi connectivity index (χ3v) is 8.65. The largest absolute Gasteiger partial charge is 0.490 e. The van der Waals surface area contributed by atoms with Gasteiger partial charge in [0.1, 0.15) is 23.4 Å². The van der Waals surface area contributed by atoms with Crippen LogP contribution < -0.4 is 15.0 Å². The minimum atomic E-state index is -0.441.